The molecule has 0 unspecified atom stereocenters. The first-order chi connectivity index (χ1) is 5.41. The molecule has 0 aliphatic rings. The summed E-state index contributed by atoms with van der Waals surface area (Å²) in [7, 11) is 0. The molecule has 0 nitrogen and oxygen atoms in total. The normalized spacial score (nSPS) is 7.42. The first kappa shape index (κ1) is 22.7. The van der Waals surface area contributed by atoms with Gasteiger partial charge in [-0.05, 0) is 0 Å². The summed E-state index contributed by atoms with van der Waals surface area (Å²) in [5.41, 5.74) is 0. The van der Waals surface area contributed by atoms with Gasteiger partial charge in [0.05, 0.1) is 0 Å². The van der Waals surface area contributed by atoms with Crippen LogP contribution in [0.1, 0.15) is 34.6 Å². The van der Waals surface area contributed by atoms with Gasteiger partial charge in [-0.2, -0.15) is 30.9 Å². The van der Waals surface area contributed by atoms with Gasteiger partial charge in [0.25, 0.3) is 0 Å². The number of rotatable bonds is 2. The largest absolute Gasteiger partial charge is 0.194 e. The minimum atomic E-state index is 0. The van der Waals surface area contributed by atoms with Crippen molar-refractivity contribution in [3.05, 3.63) is 37.0 Å². The number of hydrogen-bond donors (Lipinski definition) is 0. The molecule has 0 aromatic rings. The summed E-state index contributed by atoms with van der Waals surface area (Å²) >= 11 is 0. The maximum absolute atomic E-state index is 3.46. The molecule has 0 radical (unpaired) electrons. The van der Waals surface area contributed by atoms with Gasteiger partial charge in [-0.3, -0.25) is 0 Å². The van der Waals surface area contributed by atoms with Crippen molar-refractivity contribution in [2.24, 2.45) is 0 Å². The van der Waals surface area contributed by atoms with E-state index in [0.717, 1.165) is 0 Å². The van der Waals surface area contributed by atoms with Gasteiger partial charge >= 0.3 is 0 Å². The zero-order chi connectivity index (χ0) is 9.54. The Morgan fingerprint density at radius 3 is 1.75 bits per heavy atom. The summed E-state index contributed by atoms with van der Waals surface area (Å²) in [6.45, 7) is 13.4. The van der Waals surface area contributed by atoms with Crippen LogP contribution in [0.3, 0.4) is 0 Å². The molecule has 0 saturated carbocycles. The van der Waals surface area contributed by atoms with Crippen LogP contribution in [0.25, 0.3) is 0 Å². The third-order valence-corrected chi connectivity index (χ3v) is 0.503. The Balaban J connectivity index is -0.0000000560. The average Bonchev–Trinajstić information content (AvgIpc) is 2.13. The molecule has 0 rings (SSSR count). The fourth-order valence-corrected chi connectivity index (χ4v) is 0.220. The van der Waals surface area contributed by atoms with Gasteiger partial charge in [0.1, 0.15) is 0 Å². The quantitative estimate of drug-likeness (QED) is 0.524. The molecule has 0 amide bonds. The van der Waals surface area contributed by atoms with E-state index in [-0.39, 0.29) is 21.1 Å². The summed E-state index contributed by atoms with van der Waals surface area (Å²) in [6.07, 6.45) is 10.1. The second-order valence-electron chi connectivity index (χ2n) is 1.06. The van der Waals surface area contributed by atoms with Gasteiger partial charge in [0.2, 0.25) is 0 Å². The van der Waals surface area contributed by atoms with Crippen LogP contribution in [0.5, 0.6) is 0 Å². The number of hydrogen-bond acceptors (Lipinski definition) is 0. The second-order valence-corrected chi connectivity index (χ2v) is 1.06. The van der Waals surface area contributed by atoms with Crippen molar-refractivity contribution < 1.29 is 21.1 Å². The molecular weight excluding hydrogens is 316 g/mol. The summed E-state index contributed by atoms with van der Waals surface area (Å²) in [5, 5.41) is 0. The van der Waals surface area contributed by atoms with Crippen LogP contribution in [-0.2, 0) is 21.1 Å². The maximum Gasteiger partial charge on any atom is 0 e. The molecule has 0 bridgehead atoms. The van der Waals surface area contributed by atoms with Crippen LogP contribution in [0.15, 0.2) is 30.9 Å². The van der Waals surface area contributed by atoms with Crippen molar-refractivity contribution in [1.29, 1.82) is 0 Å². The van der Waals surface area contributed by atoms with Crippen molar-refractivity contribution in [2.75, 3.05) is 0 Å². The van der Waals surface area contributed by atoms with E-state index in [1.165, 1.54) is 0 Å². The van der Waals surface area contributed by atoms with Crippen molar-refractivity contribution in [2.45, 2.75) is 34.6 Å². The van der Waals surface area contributed by atoms with Gasteiger partial charge in [-0.1, -0.05) is 34.6 Å². The Labute approximate surface area is 92.7 Å². The van der Waals surface area contributed by atoms with Crippen molar-refractivity contribution in [3.8, 4) is 0 Å². The van der Waals surface area contributed by atoms with Crippen LogP contribution in [0.2, 0.25) is 0 Å². The van der Waals surface area contributed by atoms with E-state index in [1.807, 2.05) is 52.8 Å². The Morgan fingerprint density at radius 2 is 1.50 bits per heavy atom. The molecule has 0 aliphatic carbocycles. The minimum absolute atomic E-state index is 0. The Hall–Kier alpha value is -0.0917. The van der Waals surface area contributed by atoms with Gasteiger partial charge in [-0.25, -0.2) is 0 Å². The Kier molecular flexibility index (Phi) is 83.9. The fraction of sp³-hybridized carbons (Fsp3) is 0.455. The molecule has 0 aliphatic heterocycles. The zero-order valence-electron chi connectivity index (χ0n) is 8.92. The first-order valence-corrected chi connectivity index (χ1v) is 4.23. The molecular formula is C11H21W-. The Morgan fingerprint density at radius 1 is 1.08 bits per heavy atom. The molecule has 12 heavy (non-hydrogen) atoms. The monoisotopic (exact) mass is 337 g/mol. The van der Waals surface area contributed by atoms with Crippen LogP contribution in [0.4, 0.5) is 0 Å². The molecule has 1 heteroatoms. The first-order valence-electron chi connectivity index (χ1n) is 4.23. The van der Waals surface area contributed by atoms with Crippen molar-refractivity contribution in [3.63, 3.8) is 0 Å². The SMILES string of the molecule is C=C[C-]=C/C=C\C.CC.CC.[W]. The molecule has 0 spiro atoms. The van der Waals surface area contributed by atoms with Crippen LogP contribution >= 0.6 is 0 Å². The third kappa shape index (κ3) is 51.5. The van der Waals surface area contributed by atoms with E-state index >= 15 is 0 Å². The molecule has 0 N–H and O–H groups in total. The van der Waals surface area contributed by atoms with Gasteiger partial charge in [0, 0.05) is 21.1 Å². The number of allylic oxidation sites excluding steroid dienone is 5. The summed E-state index contributed by atoms with van der Waals surface area (Å²) in [5.74, 6) is 0. The summed E-state index contributed by atoms with van der Waals surface area (Å²) in [6, 6.07) is 0. The fourth-order valence-electron chi connectivity index (χ4n) is 0.220. The topological polar surface area (TPSA) is 0 Å². The minimum Gasteiger partial charge on any atom is -0.194 e. The molecule has 0 aromatic carbocycles. The van der Waals surface area contributed by atoms with E-state index in [0.29, 0.717) is 0 Å². The van der Waals surface area contributed by atoms with E-state index in [2.05, 4.69) is 12.7 Å². The average molecular weight is 337 g/mol. The van der Waals surface area contributed by atoms with Gasteiger partial charge in [-0.15, -0.1) is 6.08 Å². The summed E-state index contributed by atoms with van der Waals surface area (Å²) in [4.78, 5) is 0. The molecule has 0 heterocycles. The van der Waals surface area contributed by atoms with Crippen LogP contribution in [0, 0.1) is 6.08 Å². The third-order valence-electron chi connectivity index (χ3n) is 0.503. The van der Waals surface area contributed by atoms with E-state index in [1.54, 1.807) is 6.08 Å². The van der Waals surface area contributed by atoms with E-state index in [9.17, 15) is 0 Å². The van der Waals surface area contributed by atoms with Crippen LogP contribution in [-0.4, -0.2) is 0 Å². The predicted molar refractivity (Wildman–Crippen MR) is 55.5 cm³/mol. The molecule has 0 fully saturated rings. The van der Waals surface area contributed by atoms with Crippen molar-refractivity contribution in [1.82, 2.24) is 0 Å². The van der Waals surface area contributed by atoms with Crippen molar-refractivity contribution >= 4 is 0 Å². The molecule has 72 valence electrons. The predicted octanol–water partition coefficient (Wildman–Crippen LogP) is 4.16. The van der Waals surface area contributed by atoms with Gasteiger partial charge in [0.15, 0.2) is 0 Å². The standard InChI is InChI=1S/C7H9.2C2H6.W/c1-3-5-7-6-4-2;2*1-2;/h3-4,6-7H,1H2,2H3;2*1-2H3;/q-1;;;/b6-4-;;;. The molecule has 0 saturated heterocycles. The van der Waals surface area contributed by atoms with Gasteiger partial charge < -0.3 is 0 Å². The zero-order valence-corrected chi connectivity index (χ0v) is 11.9. The van der Waals surface area contributed by atoms with Crippen LogP contribution < -0.4 is 0 Å². The molecule has 0 atom stereocenters. The van der Waals surface area contributed by atoms with E-state index < -0.39 is 0 Å². The Bertz CT molecular complexity index is 91.2. The maximum atomic E-state index is 3.46. The molecule has 0 aromatic heterocycles. The second kappa shape index (κ2) is 44.5. The van der Waals surface area contributed by atoms with E-state index in [4.69, 9.17) is 0 Å². The summed E-state index contributed by atoms with van der Waals surface area (Å²) < 4.78 is 0. The smallest absolute Gasteiger partial charge is 0 e.